The number of anilines is 1. The summed E-state index contributed by atoms with van der Waals surface area (Å²) in [6.07, 6.45) is 3.30. The number of aryl methyl sites for hydroxylation is 1. The van der Waals surface area contributed by atoms with Gasteiger partial charge in [0.25, 0.3) is 0 Å². The van der Waals surface area contributed by atoms with Gasteiger partial charge in [-0.25, -0.2) is 4.98 Å². The first-order valence-electron chi connectivity index (χ1n) is 5.68. The summed E-state index contributed by atoms with van der Waals surface area (Å²) in [5.74, 6) is -0.126. The van der Waals surface area contributed by atoms with Crippen LogP contribution in [0.25, 0.3) is 0 Å². The topological polar surface area (TPSA) is 85.8 Å². The van der Waals surface area contributed by atoms with E-state index in [-0.39, 0.29) is 10.9 Å². The maximum Gasteiger partial charge on any atom is 0.226 e. The van der Waals surface area contributed by atoms with Crippen molar-refractivity contribution < 1.29 is 4.79 Å². The smallest absolute Gasteiger partial charge is 0.226 e. The first-order chi connectivity index (χ1) is 9.16. The third-order valence-electron chi connectivity index (χ3n) is 2.50. The van der Waals surface area contributed by atoms with Gasteiger partial charge in [0, 0.05) is 12.0 Å². The molecule has 0 spiro atoms. The molecule has 0 saturated heterocycles. The second-order valence-electron chi connectivity index (χ2n) is 3.87. The van der Waals surface area contributed by atoms with Crippen molar-refractivity contribution in [2.24, 2.45) is 5.73 Å². The highest BCUT2D eigenvalue weighted by atomic mass is 32.1. The van der Waals surface area contributed by atoms with E-state index in [4.69, 9.17) is 18.0 Å². The summed E-state index contributed by atoms with van der Waals surface area (Å²) in [5, 5.41) is 6.71. The minimum Gasteiger partial charge on any atom is -0.389 e. The fourth-order valence-corrected chi connectivity index (χ4v) is 1.76. The third kappa shape index (κ3) is 3.59. The number of carbonyl (C=O) groups is 1. The number of hydrogen-bond acceptors (Lipinski definition) is 4. The molecule has 0 radical (unpaired) electrons. The number of rotatable bonds is 5. The number of carbonyl (C=O) groups excluding carboxylic acids is 1. The van der Waals surface area contributed by atoms with Crippen molar-refractivity contribution in [1.29, 1.82) is 0 Å². The van der Waals surface area contributed by atoms with Gasteiger partial charge in [-0.1, -0.05) is 24.4 Å². The Morgan fingerprint density at radius 1 is 1.42 bits per heavy atom. The van der Waals surface area contributed by atoms with Crippen molar-refractivity contribution >= 4 is 28.8 Å². The predicted octanol–water partition coefficient (Wildman–Crippen LogP) is 0.941. The van der Waals surface area contributed by atoms with Crippen LogP contribution in [-0.4, -0.2) is 25.7 Å². The van der Waals surface area contributed by atoms with E-state index >= 15 is 0 Å². The number of nitrogens with one attached hydrogen (secondary N) is 1. The zero-order chi connectivity index (χ0) is 13.7. The quantitative estimate of drug-likeness (QED) is 0.793. The monoisotopic (exact) mass is 275 g/mol. The summed E-state index contributed by atoms with van der Waals surface area (Å²) in [6.45, 7) is 0.473. The maximum absolute atomic E-state index is 11.8. The van der Waals surface area contributed by atoms with Crippen LogP contribution in [-0.2, 0) is 11.3 Å². The molecule has 1 aromatic heterocycles. The van der Waals surface area contributed by atoms with Gasteiger partial charge in [0.05, 0.1) is 12.2 Å². The number of hydrogen-bond donors (Lipinski definition) is 2. The lowest BCUT2D eigenvalue weighted by molar-refractivity contribution is -0.116. The summed E-state index contributed by atoms with van der Waals surface area (Å²) < 4.78 is 1.60. The average molecular weight is 275 g/mol. The third-order valence-corrected chi connectivity index (χ3v) is 2.72. The fourth-order valence-electron chi connectivity index (χ4n) is 1.58. The van der Waals surface area contributed by atoms with Crippen molar-refractivity contribution in [2.75, 3.05) is 5.32 Å². The highest BCUT2D eigenvalue weighted by Crippen LogP contribution is 2.15. The molecule has 0 aliphatic heterocycles. The minimum absolute atomic E-state index is 0.126. The van der Waals surface area contributed by atoms with Crippen LogP contribution in [0.2, 0.25) is 0 Å². The first kappa shape index (κ1) is 13.2. The Labute approximate surface area is 115 Å². The Kier molecular flexibility index (Phi) is 4.19. The molecule has 0 bridgehead atoms. The zero-order valence-electron chi connectivity index (χ0n) is 10.1. The number of para-hydroxylation sites is 1. The molecular formula is C12H13N5OS. The Morgan fingerprint density at radius 2 is 2.21 bits per heavy atom. The standard InChI is InChI=1S/C12H13N5OS/c13-12(19)9-3-1-2-4-10(9)16-11(18)5-6-17-8-14-7-15-17/h1-4,7-8H,5-6H2,(H2,13,19)(H,16,18). The number of nitrogens with zero attached hydrogens (tertiary/aromatic N) is 3. The lowest BCUT2D eigenvalue weighted by Gasteiger charge is -2.09. The van der Waals surface area contributed by atoms with E-state index < -0.39 is 0 Å². The molecule has 2 aromatic rings. The molecule has 0 fully saturated rings. The van der Waals surface area contributed by atoms with Gasteiger partial charge in [0.2, 0.25) is 5.91 Å². The highest BCUT2D eigenvalue weighted by Gasteiger charge is 2.08. The second kappa shape index (κ2) is 6.05. The SMILES string of the molecule is NC(=S)c1ccccc1NC(=O)CCn1cncn1. The molecule has 1 heterocycles. The second-order valence-corrected chi connectivity index (χ2v) is 4.31. The minimum atomic E-state index is -0.126. The van der Waals surface area contributed by atoms with Crippen LogP contribution in [0.15, 0.2) is 36.9 Å². The molecule has 3 N–H and O–H groups in total. The normalized spacial score (nSPS) is 10.1. The first-order valence-corrected chi connectivity index (χ1v) is 6.09. The van der Waals surface area contributed by atoms with Crippen LogP contribution in [0.4, 0.5) is 5.69 Å². The molecule has 6 nitrogen and oxygen atoms in total. The Balaban J connectivity index is 1.97. The molecule has 0 unspecified atom stereocenters. The Bertz CT molecular complexity index is 582. The van der Waals surface area contributed by atoms with E-state index in [0.717, 1.165) is 0 Å². The maximum atomic E-state index is 11.8. The van der Waals surface area contributed by atoms with Crippen molar-refractivity contribution in [3.05, 3.63) is 42.5 Å². The highest BCUT2D eigenvalue weighted by molar-refractivity contribution is 7.80. The van der Waals surface area contributed by atoms with E-state index in [1.165, 1.54) is 6.33 Å². The van der Waals surface area contributed by atoms with Gasteiger partial charge >= 0.3 is 0 Å². The molecule has 0 aliphatic rings. The van der Waals surface area contributed by atoms with Crippen molar-refractivity contribution in [1.82, 2.24) is 14.8 Å². The lowest BCUT2D eigenvalue weighted by Crippen LogP contribution is -2.18. The van der Waals surface area contributed by atoms with Gasteiger partial charge < -0.3 is 11.1 Å². The Hall–Kier alpha value is -2.28. The fraction of sp³-hybridized carbons (Fsp3) is 0.167. The van der Waals surface area contributed by atoms with Crippen LogP contribution in [0.3, 0.4) is 0 Å². The number of benzene rings is 1. The summed E-state index contributed by atoms with van der Waals surface area (Å²) in [4.78, 5) is 15.9. The van der Waals surface area contributed by atoms with Gasteiger partial charge in [0.1, 0.15) is 17.6 Å². The number of nitrogens with two attached hydrogens (primary N) is 1. The predicted molar refractivity (Wildman–Crippen MR) is 75.6 cm³/mol. The molecule has 98 valence electrons. The van der Waals surface area contributed by atoms with Gasteiger partial charge in [-0.3, -0.25) is 9.48 Å². The summed E-state index contributed by atoms with van der Waals surface area (Å²) in [7, 11) is 0. The van der Waals surface area contributed by atoms with Crippen LogP contribution < -0.4 is 11.1 Å². The van der Waals surface area contributed by atoms with Crippen molar-refractivity contribution in [2.45, 2.75) is 13.0 Å². The number of thiocarbonyl (C=S) groups is 1. The molecular weight excluding hydrogens is 262 g/mol. The van der Waals surface area contributed by atoms with Gasteiger partial charge in [0.15, 0.2) is 0 Å². The van der Waals surface area contributed by atoms with Gasteiger partial charge in [-0.2, -0.15) is 5.10 Å². The molecule has 19 heavy (non-hydrogen) atoms. The lowest BCUT2D eigenvalue weighted by atomic mass is 10.1. The number of amides is 1. The summed E-state index contributed by atoms with van der Waals surface area (Å²) >= 11 is 4.94. The van der Waals surface area contributed by atoms with E-state index in [9.17, 15) is 4.79 Å². The summed E-state index contributed by atoms with van der Waals surface area (Å²) in [5.41, 5.74) is 6.88. The molecule has 7 heteroatoms. The van der Waals surface area contributed by atoms with Crippen LogP contribution in [0, 0.1) is 0 Å². The molecule has 1 amide bonds. The van der Waals surface area contributed by atoms with Gasteiger partial charge in [-0.15, -0.1) is 0 Å². The largest absolute Gasteiger partial charge is 0.389 e. The molecule has 2 rings (SSSR count). The number of aromatic nitrogens is 3. The van der Waals surface area contributed by atoms with Crippen LogP contribution >= 0.6 is 12.2 Å². The van der Waals surface area contributed by atoms with E-state index in [1.54, 1.807) is 23.1 Å². The van der Waals surface area contributed by atoms with Gasteiger partial charge in [-0.05, 0) is 12.1 Å². The molecule has 0 saturated carbocycles. The summed E-state index contributed by atoms with van der Waals surface area (Å²) in [6, 6.07) is 7.17. The average Bonchev–Trinajstić information content (AvgIpc) is 2.90. The molecule has 1 aromatic carbocycles. The van der Waals surface area contributed by atoms with Crippen LogP contribution in [0.1, 0.15) is 12.0 Å². The van der Waals surface area contributed by atoms with E-state index in [2.05, 4.69) is 15.4 Å². The zero-order valence-corrected chi connectivity index (χ0v) is 10.9. The molecule has 0 atom stereocenters. The van der Waals surface area contributed by atoms with Crippen molar-refractivity contribution in [3.63, 3.8) is 0 Å². The van der Waals surface area contributed by atoms with E-state index in [1.807, 2.05) is 12.1 Å². The van der Waals surface area contributed by atoms with E-state index in [0.29, 0.717) is 24.2 Å². The Morgan fingerprint density at radius 3 is 2.89 bits per heavy atom. The van der Waals surface area contributed by atoms with Crippen LogP contribution in [0.5, 0.6) is 0 Å². The molecule has 0 aliphatic carbocycles. The van der Waals surface area contributed by atoms with Crippen molar-refractivity contribution in [3.8, 4) is 0 Å².